The van der Waals surface area contributed by atoms with Crippen molar-refractivity contribution in [3.05, 3.63) is 29.3 Å². The molecule has 14 heavy (non-hydrogen) atoms. The molecule has 0 bridgehead atoms. The lowest BCUT2D eigenvalue weighted by Gasteiger charge is -2.25. The summed E-state index contributed by atoms with van der Waals surface area (Å²) in [5.74, 6) is -0.592. The summed E-state index contributed by atoms with van der Waals surface area (Å²) in [7, 11) is 0. The van der Waals surface area contributed by atoms with E-state index in [1.165, 1.54) is 6.20 Å². The molecule has 2 atom stereocenters. The molecule has 1 heterocycles. The molecule has 2 N–H and O–H groups in total. The van der Waals surface area contributed by atoms with E-state index in [-0.39, 0.29) is 6.42 Å². The lowest BCUT2D eigenvalue weighted by Crippen LogP contribution is -2.34. The molecule has 1 aromatic rings. The van der Waals surface area contributed by atoms with Gasteiger partial charge in [0.15, 0.2) is 0 Å². The van der Waals surface area contributed by atoms with Crippen LogP contribution < -0.4 is 0 Å². The Kier molecular flexibility index (Phi) is 2.05. The second-order valence-electron chi connectivity index (χ2n) is 3.63. The highest BCUT2D eigenvalue weighted by Crippen LogP contribution is 2.39. The van der Waals surface area contributed by atoms with E-state index in [4.69, 9.17) is 0 Å². The summed E-state index contributed by atoms with van der Waals surface area (Å²) in [5.41, 5.74) is -0.497. The highest BCUT2D eigenvalue weighted by molar-refractivity contribution is 5.37. The minimum absolute atomic E-state index is 0.138. The molecule has 76 valence electrons. The minimum Gasteiger partial charge on any atom is -0.389 e. The Morgan fingerprint density at radius 2 is 2.43 bits per heavy atom. The molecule has 0 saturated carbocycles. The summed E-state index contributed by atoms with van der Waals surface area (Å²) in [4.78, 5) is 3.50. The number of hydrogen-bond acceptors (Lipinski definition) is 3. The van der Waals surface area contributed by atoms with Gasteiger partial charge in [0.05, 0.1) is 6.10 Å². The fraction of sp³-hybridized carbons (Fsp3) is 0.500. The third kappa shape index (κ3) is 1.07. The zero-order valence-electron chi connectivity index (χ0n) is 7.87. The van der Waals surface area contributed by atoms with Gasteiger partial charge < -0.3 is 10.2 Å². The Morgan fingerprint density at radius 3 is 3.07 bits per heavy atom. The molecule has 0 unspecified atom stereocenters. The van der Waals surface area contributed by atoms with Crippen LogP contribution in [0.25, 0.3) is 0 Å². The number of aliphatic hydroxyl groups is 2. The number of rotatable bonds is 1. The zero-order chi connectivity index (χ0) is 10.3. The average Bonchev–Trinajstić information content (AvgIpc) is 2.43. The van der Waals surface area contributed by atoms with Crippen LogP contribution in [0, 0.1) is 5.95 Å². The van der Waals surface area contributed by atoms with Crippen molar-refractivity contribution in [1.82, 2.24) is 4.98 Å². The monoisotopic (exact) mass is 197 g/mol. The van der Waals surface area contributed by atoms with Gasteiger partial charge in [-0.2, -0.15) is 4.39 Å². The van der Waals surface area contributed by atoms with Crippen LogP contribution in [0.1, 0.15) is 24.5 Å². The van der Waals surface area contributed by atoms with Crippen LogP contribution in [0.15, 0.2) is 12.3 Å². The highest BCUT2D eigenvalue weighted by Gasteiger charge is 2.44. The quantitative estimate of drug-likeness (QED) is 0.653. The number of aromatic nitrogens is 1. The Bertz CT molecular complexity index is 369. The molecule has 1 aliphatic carbocycles. The summed E-state index contributed by atoms with van der Waals surface area (Å²) in [6.45, 7) is 1.76. The summed E-state index contributed by atoms with van der Waals surface area (Å²) in [6.07, 6.45) is 0.887. The molecule has 1 aromatic heterocycles. The Hall–Kier alpha value is -1.00. The topological polar surface area (TPSA) is 53.4 Å². The van der Waals surface area contributed by atoms with Crippen molar-refractivity contribution in [3.63, 3.8) is 0 Å². The first-order chi connectivity index (χ1) is 6.59. The van der Waals surface area contributed by atoms with Gasteiger partial charge in [-0.25, -0.2) is 4.98 Å². The number of pyridine rings is 1. The Labute approximate surface area is 81.2 Å². The highest BCUT2D eigenvalue weighted by atomic mass is 19.1. The predicted octanol–water partition coefficient (Wildman–Crippen LogP) is 0.735. The number of hydrogen-bond donors (Lipinski definition) is 2. The summed E-state index contributed by atoms with van der Waals surface area (Å²) in [6, 6.07) is 1.57. The van der Waals surface area contributed by atoms with Crippen LogP contribution >= 0.6 is 0 Å². The number of aliphatic hydroxyl groups excluding tert-OH is 1. The van der Waals surface area contributed by atoms with Crippen LogP contribution in [0.4, 0.5) is 4.39 Å². The summed E-state index contributed by atoms with van der Waals surface area (Å²) >= 11 is 0. The Balaban J connectivity index is 2.58. The second-order valence-corrected chi connectivity index (χ2v) is 3.63. The van der Waals surface area contributed by atoms with Crippen molar-refractivity contribution in [2.75, 3.05) is 0 Å². The van der Waals surface area contributed by atoms with Crippen molar-refractivity contribution in [2.24, 2.45) is 0 Å². The molecule has 0 saturated heterocycles. The van der Waals surface area contributed by atoms with Crippen LogP contribution in [0.3, 0.4) is 0 Å². The smallest absolute Gasteiger partial charge is 0.216 e. The van der Waals surface area contributed by atoms with Gasteiger partial charge in [-0.05, 0) is 18.1 Å². The minimum atomic E-state index is -1.31. The molecular weight excluding hydrogens is 185 g/mol. The van der Waals surface area contributed by atoms with Gasteiger partial charge in [0.25, 0.3) is 0 Å². The predicted molar refractivity (Wildman–Crippen MR) is 48.1 cm³/mol. The van der Waals surface area contributed by atoms with Gasteiger partial charge in [0, 0.05) is 18.2 Å². The molecule has 1 aliphatic rings. The van der Waals surface area contributed by atoms with Gasteiger partial charge in [0.2, 0.25) is 5.95 Å². The van der Waals surface area contributed by atoms with Crippen LogP contribution in [-0.2, 0) is 12.0 Å². The van der Waals surface area contributed by atoms with Crippen LogP contribution in [0.2, 0.25) is 0 Å². The molecule has 2 rings (SSSR count). The molecule has 4 heteroatoms. The SMILES string of the molecule is CC[C@]1(O)c2ccnc(F)c2C[C@H]1O. The second kappa shape index (κ2) is 3.00. The van der Waals surface area contributed by atoms with Crippen molar-refractivity contribution < 1.29 is 14.6 Å². The lowest BCUT2D eigenvalue weighted by molar-refractivity contribution is -0.0699. The first kappa shape index (κ1) is 9.55. The van der Waals surface area contributed by atoms with E-state index < -0.39 is 17.7 Å². The van der Waals surface area contributed by atoms with Gasteiger partial charge in [0.1, 0.15) is 5.60 Å². The molecule has 0 aromatic carbocycles. The van der Waals surface area contributed by atoms with E-state index in [0.717, 1.165) is 0 Å². The molecule has 0 aliphatic heterocycles. The maximum Gasteiger partial charge on any atom is 0.216 e. The average molecular weight is 197 g/mol. The molecule has 0 radical (unpaired) electrons. The van der Waals surface area contributed by atoms with E-state index in [1.54, 1.807) is 13.0 Å². The first-order valence-electron chi connectivity index (χ1n) is 4.64. The maximum atomic E-state index is 13.2. The fourth-order valence-corrected chi connectivity index (χ4v) is 2.03. The van der Waals surface area contributed by atoms with E-state index >= 15 is 0 Å². The van der Waals surface area contributed by atoms with Crippen molar-refractivity contribution in [3.8, 4) is 0 Å². The van der Waals surface area contributed by atoms with Crippen LogP contribution in [0.5, 0.6) is 0 Å². The molecule has 3 nitrogen and oxygen atoms in total. The van der Waals surface area contributed by atoms with E-state index in [2.05, 4.69) is 4.98 Å². The maximum absolute atomic E-state index is 13.2. The molecule has 0 fully saturated rings. The Morgan fingerprint density at radius 1 is 1.71 bits per heavy atom. The van der Waals surface area contributed by atoms with Crippen molar-refractivity contribution in [2.45, 2.75) is 31.5 Å². The molecule has 0 spiro atoms. The van der Waals surface area contributed by atoms with Crippen molar-refractivity contribution >= 4 is 0 Å². The lowest BCUT2D eigenvalue weighted by atomic mass is 9.92. The zero-order valence-corrected chi connectivity index (χ0v) is 7.87. The summed E-state index contributed by atoms with van der Waals surface area (Å²) in [5, 5.41) is 19.8. The summed E-state index contributed by atoms with van der Waals surface area (Å²) < 4.78 is 13.2. The fourth-order valence-electron chi connectivity index (χ4n) is 2.03. The van der Waals surface area contributed by atoms with E-state index in [0.29, 0.717) is 17.5 Å². The van der Waals surface area contributed by atoms with Gasteiger partial charge in [-0.15, -0.1) is 0 Å². The van der Waals surface area contributed by atoms with Gasteiger partial charge in [-0.3, -0.25) is 0 Å². The van der Waals surface area contributed by atoms with Gasteiger partial charge >= 0.3 is 0 Å². The number of nitrogens with zero attached hydrogens (tertiary/aromatic N) is 1. The number of fused-ring (bicyclic) bond motifs is 1. The third-order valence-electron chi connectivity index (χ3n) is 2.96. The standard InChI is InChI=1S/C10H12FNO2/c1-2-10(14)7-3-4-12-9(11)6(7)5-8(10)13/h3-4,8,13-14H,2,5H2,1H3/t8-,10+/m1/s1. The van der Waals surface area contributed by atoms with E-state index in [1.807, 2.05) is 0 Å². The molecule has 0 amide bonds. The number of halogens is 1. The third-order valence-corrected chi connectivity index (χ3v) is 2.96. The van der Waals surface area contributed by atoms with Gasteiger partial charge in [-0.1, -0.05) is 6.92 Å². The molecular formula is C10H12FNO2. The van der Waals surface area contributed by atoms with Crippen LogP contribution in [-0.4, -0.2) is 21.3 Å². The van der Waals surface area contributed by atoms with E-state index in [9.17, 15) is 14.6 Å². The van der Waals surface area contributed by atoms with Crippen molar-refractivity contribution in [1.29, 1.82) is 0 Å². The normalized spacial score (nSPS) is 30.4. The largest absolute Gasteiger partial charge is 0.389 e. The first-order valence-corrected chi connectivity index (χ1v) is 4.64.